The van der Waals surface area contributed by atoms with E-state index >= 15 is 0 Å². The van der Waals surface area contributed by atoms with Gasteiger partial charge in [0.15, 0.2) is 0 Å². The lowest BCUT2D eigenvalue weighted by Gasteiger charge is -2.24. The van der Waals surface area contributed by atoms with E-state index in [4.69, 9.17) is 0 Å². The molecule has 2 atom stereocenters. The molecule has 0 heterocycles. The van der Waals surface area contributed by atoms with Gasteiger partial charge in [0.05, 0.1) is 0 Å². The highest BCUT2D eigenvalue weighted by molar-refractivity contribution is 5.47. The molecule has 1 heteroatoms. The van der Waals surface area contributed by atoms with Crippen molar-refractivity contribution in [2.45, 2.75) is 52.4 Å². The zero-order valence-electron chi connectivity index (χ0n) is 15.9. The smallest absolute Gasteiger partial charge is 0.118 e. The van der Waals surface area contributed by atoms with Gasteiger partial charge < -0.3 is 0 Å². The van der Waals surface area contributed by atoms with Gasteiger partial charge in [-0.2, -0.15) is 0 Å². The molecule has 2 rings (SSSR count). The lowest BCUT2D eigenvalue weighted by atomic mass is 9.81. The van der Waals surface area contributed by atoms with Gasteiger partial charge in [-0.3, -0.25) is 0 Å². The lowest BCUT2D eigenvalue weighted by molar-refractivity contribution is 0.314. The molecular weight excluding hydrogens is 307 g/mol. The summed E-state index contributed by atoms with van der Waals surface area (Å²) in [5, 5.41) is 0. The fraction of sp³-hybridized carbons (Fsp3) is 0.417. The zero-order chi connectivity index (χ0) is 18.7. The molecule has 0 aliphatic heterocycles. The number of halogens is 1. The van der Waals surface area contributed by atoms with Crippen molar-refractivity contribution in [3.05, 3.63) is 79.2 Å². The molecule has 1 aromatic rings. The average Bonchev–Trinajstić information content (AvgIpc) is 3.01. The van der Waals surface area contributed by atoms with E-state index in [0.29, 0.717) is 5.41 Å². The second kappa shape index (κ2) is 10.9. The summed E-state index contributed by atoms with van der Waals surface area (Å²) in [4.78, 5) is 0. The van der Waals surface area contributed by atoms with E-state index in [1.54, 1.807) is 6.92 Å². The summed E-state index contributed by atoms with van der Waals surface area (Å²) in [7, 11) is 0. The molecule has 2 unspecified atom stereocenters. The second-order valence-corrected chi connectivity index (χ2v) is 7.29. The van der Waals surface area contributed by atoms with E-state index in [0.717, 1.165) is 5.92 Å². The van der Waals surface area contributed by atoms with Crippen LogP contribution in [0, 0.1) is 11.3 Å². The van der Waals surface area contributed by atoms with Gasteiger partial charge in [0.2, 0.25) is 0 Å². The minimum Gasteiger partial charge on any atom is -0.207 e. The topological polar surface area (TPSA) is 0 Å². The predicted molar refractivity (Wildman–Crippen MR) is 110 cm³/mol. The zero-order valence-corrected chi connectivity index (χ0v) is 15.9. The summed E-state index contributed by atoms with van der Waals surface area (Å²) in [5.41, 5.74) is 3.18. The molecule has 1 saturated carbocycles. The van der Waals surface area contributed by atoms with Crippen LogP contribution < -0.4 is 0 Å². The summed E-state index contributed by atoms with van der Waals surface area (Å²) in [6.07, 6.45) is 14.4. The van der Waals surface area contributed by atoms with Crippen molar-refractivity contribution in [1.29, 1.82) is 0 Å². The Bertz CT molecular complexity index is 579. The fourth-order valence-electron chi connectivity index (χ4n) is 3.60. The predicted octanol–water partition coefficient (Wildman–Crippen LogP) is 7.69. The average molecular weight is 341 g/mol. The molecule has 1 aliphatic rings. The molecular formula is C24H33F. The number of rotatable bonds is 7. The largest absolute Gasteiger partial charge is 0.207 e. The highest BCUT2D eigenvalue weighted by Crippen LogP contribution is 2.45. The number of allylic oxidation sites excluding steroid dienone is 4. The molecule has 136 valence electrons. The third-order valence-electron chi connectivity index (χ3n) is 5.03. The normalized spacial score (nSPS) is 22.7. The fourth-order valence-corrected chi connectivity index (χ4v) is 3.60. The first-order valence-electron chi connectivity index (χ1n) is 9.23. The molecule has 0 saturated heterocycles. The van der Waals surface area contributed by atoms with Crippen LogP contribution in [0.3, 0.4) is 0 Å². The lowest BCUT2D eigenvalue weighted by Crippen LogP contribution is -2.15. The summed E-state index contributed by atoms with van der Waals surface area (Å²) in [6.45, 7) is 14.9. The maximum Gasteiger partial charge on any atom is 0.118 e. The van der Waals surface area contributed by atoms with E-state index in [1.165, 1.54) is 61.8 Å². The minimum atomic E-state index is -0.269. The first-order chi connectivity index (χ1) is 12.0. The van der Waals surface area contributed by atoms with Crippen molar-refractivity contribution in [1.82, 2.24) is 0 Å². The third kappa shape index (κ3) is 7.69. The van der Waals surface area contributed by atoms with E-state index in [9.17, 15) is 4.39 Å². The Morgan fingerprint density at radius 2 is 1.92 bits per heavy atom. The molecule has 1 aliphatic carbocycles. The van der Waals surface area contributed by atoms with E-state index in [2.05, 4.69) is 57.0 Å². The van der Waals surface area contributed by atoms with Crippen LogP contribution in [0.5, 0.6) is 0 Å². The van der Waals surface area contributed by atoms with Gasteiger partial charge in [0, 0.05) is 0 Å². The highest BCUT2D eigenvalue weighted by atomic mass is 19.1. The van der Waals surface area contributed by atoms with Crippen LogP contribution in [0.1, 0.15) is 57.1 Å². The first-order valence-corrected chi connectivity index (χ1v) is 9.23. The molecule has 0 radical (unpaired) electrons. The monoisotopic (exact) mass is 340 g/mol. The summed E-state index contributed by atoms with van der Waals surface area (Å²) in [5.74, 6) is 0.644. The van der Waals surface area contributed by atoms with E-state index in [1.807, 2.05) is 6.08 Å². The maximum atomic E-state index is 11.6. The van der Waals surface area contributed by atoms with Crippen LogP contribution in [0.2, 0.25) is 0 Å². The quantitative estimate of drug-likeness (QED) is 0.352. The Morgan fingerprint density at radius 3 is 2.40 bits per heavy atom. The van der Waals surface area contributed by atoms with Gasteiger partial charge in [-0.05, 0) is 74.0 Å². The minimum absolute atomic E-state index is 0.269. The first kappa shape index (κ1) is 21.2. The van der Waals surface area contributed by atoms with Crippen molar-refractivity contribution in [3.63, 3.8) is 0 Å². The Morgan fingerprint density at radius 1 is 1.24 bits per heavy atom. The standard InChI is InChI=1S/C19H26.C5H7F/c1-4-6-7-17-12-13-19(3,14-17)15-18-10-8-16(5-2)9-11-18;1-3-5(6)4-2/h4-5,8-11,17H,1-2,6-7,12-15H2,3H3;3-4H,1H2,2H3/b;5-4+. The van der Waals surface area contributed by atoms with Gasteiger partial charge in [-0.15, -0.1) is 6.58 Å². The van der Waals surface area contributed by atoms with Crippen LogP contribution in [-0.4, -0.2) is 0 Å². The Balaban J connectivity index is 0.000000450. The van der Waals surface area contributed by atoms with Crippen molar-refractivity contribution < 1.29 is 4.39 Å². The molecule has 0 spiro atoms. The highest BCUT2D eigenvalue weighted by Gasteiger charge is 2.34. The number of benzene rings is 1. The molecule has 0 bridgehead atoms. The van der Waals surface area contributed by atoms with Gasteiger partial charge in [0.1, 0.15) is 5.83 Å². The Labute approximate surface area is 153 Å². The van der Waals surface area contributed by atoms with Crippen molar-refractivity contribution in [3.8, 4) is 0 Å². The van der Waals surface area contributed by atoms with Crippen LogP contribution >= 0.6 is 0 Å². The molecule has 1 fully saturated rings. The van der Waals surface area contributed by atoms with Gasteiger partial charge in [-0.25, -0.2) is 4.39 Å². The molecule has 0 nitrogen and oxygen atoms in total. The molecule has 25 heavy (non-hydrogen) atoms. The molecule has 0 aromatic heterocycles. The number of hydrogen-bond acceptors (Lipinski definition) is 0. The summed E-state index contributed by atoms with van der Waals surface area (Å²) < 4.78 is 11.6. The van der Waals surface area contributed by atoms with Crippen LogP contribution in [0.4, 0.5) is 4.39 Å². The van der Waals surface area contributed by atoms with E-state index < -0.39 is 0 Å². The van der Waals surface area contributed by atoms with Crippen LogP contribution in [0.25, 0.3) is 6.08 Å². The number of hydrogen-bond donors (Lipinski definition) is 0. The molecule has 1 aromatic carbocycles. The second-order valence-electron chi connectivity index (χ2n) is 7.29. The summed E-state index contributed by atoms with van der Waals surface area (Å²) >= 11 is 0. The van der Waals surface area contributed by atoms with E-state index in [-0.39, 0.29) is 5.83 Å². The van der Waals surface area contributed by atoms with Crippen LogP contribution in [0.15, 0.2) is 68.1 Å². The van der Waals surface area contributed by atoms with Crippen molar-refractivity contribution >= 4 is 6.08 Å². The summed E-state index contributed by atoms with van der Waals surface area (Å²) in [6, 6.07) is 8.88. The SMILES string of the molecule is C=C/C(F)=C\C.C=CCCC1CCC(C)(Cc2ccc(C=C)cc2)C1. The van der Waals surface area contributed by atoms with Crippen LogP contribution in [-0.2, 0) is 6.42 Å². The van der Waals surface area contributed by atoms with Crippen molar-refractivity contribution in [2.75, 3.05) is 0 Å². The molecule has 0 amide bonds. The molecule has 0 N–H and O–H groups in total. The maximum absolute atomic E-state index is 11.6. The van der Waals surface area contributed by atoms with Gasteiger partial charge in [0.25, 0.3) is 0 Å². The van der Waals surface area contributed by atoms with Crippen molar-refractivity contribution in [2.24, 2.45) is 11.3 Å². The Kier molecular flexibility index (Phi) is 9.20. The van der Waals surface area contributed by atoms with Gasteiger partial charge in [-0.1, -0.05) is 62.6 Å². The Hall–Kier alpha value is -1.89. The third-order valence-corrected chi connectivity index (χ3v) is 5.03. The van der Waals surface area contributed by atoms with Gasteiger partial charge >= 0.3 is 0 Å².